The summed E-state index contributed by atoms with van der Waals surface area (Å²) in [6, 6.07) is 3.79. The first-order chi connectivity index (χ1) is 7.89. The van der Waals surface area contributed by atoms with Crippen molar-refractivity contribution < 1.29 is 22.7 Å². The van der Waals surface area contributed by atoms with E-state index in [1.807, 2.05) is 0 Å². The molecule has 0 aliphatic rings. The molecule has 1 rings (SSSR count). The van der Waals surface area contributed by atoms with Gasteiger partial charge in [0.1, 0.15) is 12.4 Å². The average molecular weight is 251 g/mol. The van der Waals surface area contributed by atoms with Crippen molar-refractivity contribution in [1.82, 2.24) is 0 Å². The number of benzene rings is 1. The highest BCUT2D eigenvalue weighted by Gasteiger charge is 2.31. The molecule has 0 saturated heterocycles. The number of anilines is 1. The molecule has 17 heavy (non-hydrogen) atoms. The molecule has 0 aromatic heterocycles. The number of halogens is 4. The Labute approximate surface area is 96.5 Å². The third kappa shape index (κ3) is 3.59. The molecule has 0 saturated carbocycles. The van der Waals surface area contributed by atoms with Crippen molar-refractivity contribution in [1.29, 1.82) is 0 Å². The van der Waals surface area contributed by atoms with Crippen molar-refractivity contribution in [2.45, 2.75) is 19.7 Å². The van der Waals surface area contributed by atoms with Gasteiger partial charge in [-0.3, -0.25) is 0 Å². The monoisotopic (exact) mass is 251 g/mol. The molecule has 0 amide bonds. The summed E-state index contributed by atoms with van der Waals surface area (Å²) in [7, 11) is 0. The molecular formula is C11H13F4NO. The predicted octanol–water partition coefficient (Wildman–Crippen LogP) is 2.71. The smallest absolute Gasteiger partial charge is 0.391 e. The second kappa shape index (κ2) is 5.35. The summed E-state index contributed by atoms with van der Waals surface area (Å²) < 4.78 is 50.3. The quantitative estimate of drug-likeness (QED) is 0.832. The van der Waals surface area contributed by atoms with Crippen molar-refractivity contribution in [3.8, 4) is 0 Å². The lowest BCUT2D eigenvalue weighted by molar-refractivity contribution is -0.119. The molecule has 0 radical (unpaired) electrons. The molecule has 1 N–H and O–H groups in total. The van der Waals surface area contributed by atoms with Gasteiger partial charge in [0.25, 0.3) is 0 Å². The van der Waals surface area contributed by atoms with Crippen LogP contribution in [-0.4, -0.2) is 24.4 Å². The highest BCUT2D eigenvalue weighted by Crippen LogP contribution is 2.26. The minimum absolute atomic E-state index is 0.0762. The van der Waals surface area contributed by atoms with Crippen LogP contribution < -0.4 is 4.90 Å². The minimum Gasteiger partial charge on any atom is -0.391 e. The molecule has 0 fully saturated rings. The van der Waals surface area contributed by atoms with Crippen LogP contribution in [0.4, 0.5) is 23.2 Å². The zero-order chi connectivity index (χ0) is 13.1. The molecule has 0 heterocycles. The predicted molar refractivity (Wildman–Crippen MR) is 56.3 cm³/mol. The first-order valence-corrected chi connectivity index (χ1v) is 5.09. The molecule has 0 aliphatic heterocycles. The summed E-state index contributed by atoms with van der Waals surface area (Å²) in [6.07, 6.45) is -4.37. The normalized spacial score (nSPS) is 11.6. The van der Waals surface area contributed by atoms with E-state index < -0.39 is 25.1 Å². The van der Waals surface area contributed by atoms with E-state index in [0.29, 0.717) is 0 Å². The van der Waals surface area contributed by atoms with E-state index in [0.717, 1.165) is 11.0 Å². The van der Waals surface area contributed by atoms with Gasteiger partial charge >= 0.3 is 6.18 Å². The summed E-state index contributed by atoms with van der Waals surface area (Å²) in [4.78, 5) is 0.981. The van der Waals surface area contributed by atoms with E-state index in [9.17, 15) is 17.6 Å². The van der Waals surface area contributed by atoms with E-state index >= 15 is 0 Å². The molecule has 0 unspecified atom stereocenters. The standard InChI is InChI=1S/C11H13F4NO/c1-2-16(7-11(13,14)15)10-5-3-4-9(12)8(10)6-17/h3-5,17H,2,6-7H2,1H3. The molecular weight excluding hydrogens is 238 g/mol. The Hall–Kier alpha value is -1.30. The van der Waals surface area contributed by atoms with Gasteiger partial charge < -0.3 is 10.0 Å². The topological polar surface area (TPSA) is 23.5 Å². The molecule has 1 aromatic rings. The lowest BCUT2D eigenvalue weighted by atomic mass is 10.1. The van der Waals surface area contributed by atoms with Crippen molar-refractivity contribution in [2.75, 3.05) is 18.0 Å². The van der Waals surface area contributed by atoms with Crippen molar-refractivity contribution >= 4 is 5.69 Å². The van der Waals surface area contributed by atoms with Crippen molar-refractivity contribution in [3.63, 3.8) is 0 Å². The SMILES string of the molecule is CCN(CC(F)(F)F)c1cccc(F)c1CO. The molecule has 1 aromatic carbocycles. The first kappa shape index (κ1) is 13.8. The van der Waals surface area contributed by atoms with E-state index in [1.54, 1.807) is 0 Å². The van der Waals surface area contributed by atoms with Crippen LogP contribution in [-0.2, 0) is 6.61 Å². The van der Waals surface area contributed by atoms with Gasteiger partial charge in [0.15, 0.2) is 0 Å². The highest BCUT2D eigenvalue weighted by atomic mass is 19.4. The molecule has 0 spiro atoms. The maximum Gasteiger partial charge on any atom is 0.405 e. The molecule has 2 nitrogen and oxygen atoms in total. The zero-order valence-electron chi connectivity index (χ0n) is 9.26. The van der Waals surface area contributed by atoms with Crippen LogP contribution in [0.5, 0.6) is 0 Å². The van der Waals surface area contributed by atoms with Gasteiger partial charge in [-0.2, -0.15) is 13.2 Å². The average Bonchev–Trinajstić information content (AvgIpc) is 2.24. The Morgan fingerprint density at radius 3 is 2.41 bits per heavy atom. The number of alkyl halides is 3. The third-order valence-corrected chi connectivity index (χ3v) is 2.34. The molecule has 0 aliphatic carbocycles. The Bertz CT molecular complexity index is 378. The molecule has 0 atom stereocenters. The van der Waals surface area contributed by atoms with Crippen molar-refractivity contribution in [3.05, 3.63) is 29.6 Å². The first-order valence-electron chi connectivity index (χ1n) is 5.09. The van der Waals surface area contributed by atoms with Crippen LogP contribution in [0, 0.1) is 5.82 Å². The van der Waals surface area contributed by atoms with Crippen LogP contribution in [0.2, 0.25) is 0 Å². The number of nitrogens with zero attached hydrogens (tertiary/aromatic N) is 1. The van der Waals surface area contributed by atoms with Gasteiger partial charge in [0.05, 0.1) is 6.61 Å². The van der Waals surface area contributed by atoms with Gasteiger partial charge in [-0.05, 0) is 19.1 Å². The van der Waals surface area contributed by atoms with Crippen molar-refractivity contribution in [2.24, 2.45) is 0 Å². The van der Waals surface area contributed by atoms with Crippen LogP contribution in [0.25, 0.3) is 0 Å². The highest BCUT2D eigenvalue weighted by molar-refractivity contribution is 5.54. The number of rotatable bonds is 4. The maximum absolute atomic E-state index is 13.3. The van der Waals surface area contributed by atoms with Crippen LogP contribution in [0.3, 0.4) is 0 Å². The molecule has 6 heteroatoms. The number of aliphatic hydroxyl groups excluding tert-OH is 1. The van der Waals surface area contributed by atoms with Crippen LogP contribution in [0.1, 0.15) is 12.5 Å². The Morgan fingerprint density at radius 2 is 1.94 bits per heavy atom. The fourth-order valence-corrected chi connectivity index (χ4v) is 1.58. The summed E-state index contributed by atoms with van der Waals surface area (Å²) in [5, 5.41) is 8.99. The number of aliphatic hydroxyl groups is 1. The molecule has 96 valence electrons. The molecule has 0 bridgehead atoms. The van der Waals surface area contributed by atoms with E-state index in [4.69, 9.17) is 5.11 Å². The lowest BCUT2D eigenvalue weighted by Crippen LogP contribution is -2.34. The Kier molecular flexibility index (Phi) is 4.34. The Morgan fingerprint density at radius 1 is 1.29 bits per heavy atom. The third-order valence-electron chi connectivity index (χ3n) is 2.34. The second-order valence-corrected chi connectivity index (χ2v) is 3.52. The van der Waals surface area contributed by atoms with Gasteiger partial charge in [-0.15, -0.1) is 0 Å². The van der Waals surface area contributed by atoms with Gasteiger partial charge in [0, 0.05) is 17.8 Å². The van der Waals surface area contributed by atoms with E-state index in [1.165, 1.54) is 19.1 Å². The van der Waals surface area contributed by atoms with E-state index in [2.05, 4.69) is 0 Å². The lowest BCUT2D eigenvalue weighted by Gasteiger charge is -2.26. The Balaban J connectivity index is 3.07. The fourth-order valence-electron chi connectivity index (χ4n) is 1.58. The number of hydrogen-bond acceptors (Lipinski definition) is 2. The number of hydrogen-bond donors (Lipinski definition) is 1. The van der Waals surface area contributed by atoms with Gasteiger partial charge in [0.2, 0.25) is 0 Å². The largest absolute Gasteiger partial charge is 0.405 e. The fraction of sp³-hybridized carbons (Fsp3) is 0.455. The van der Waals surface area contributed by atoms with Crippen LogP contribution in [0.15, 0.2) is 18.2 Å². The van der Waals surface area contributed by atoms with E-state index in [-0.39, 0.29) is 17.8 Å². The minimum atomic E-state index is -4.37. The summed E-state index contributed by atoms with van der Waals surface area (Å²) >= 11 is 0. The van der Waals surface area contributed by atoms with Gasteiger partial charge in [-0.1, -0.05) is 6.07 Å². The summed E-state index contributed by atoms with van der Waals surface area (Å²) in [6.45, 7) is -0.177. The zero-order valence-corrected chi connectivity index (χ0v) is 9.26. The maximum atomic E-state index is 13.3. The summed E-state index contributed by atoms with van der Waals surface area (Å²) in [5.41, 5.74) is -0.0362. The van der Waals surface area contributed by atoms with Gasteiger partial charge in [-0.25, -0.2) is 4.39 Å². The second-order valence-electron chi connectivity index (χ2n) is 3.52. The summed E-state index contributed by atoms with van der Waals surface area (Å²) in [5.74, 6) is -0.703. The van der Waals surface area contributed by atoms with Crippen LogP contribution >= 0.6 is 0 Å².